The molecular weight excluding hydrogens is 358 g/mol. The molecule has 1 saturated heterocycles. The van der Waals surface area contributed by atoms with Gasteiger partial charge < -0.3 is 25.0 Å². The number of nitrogens with zero attached hydrogens (tertiary/aromatic N) is 2. The summed E-state index contributed by atoms with van der Waals surface area (Å²) in [6.07, 6.45) is 0. The summed E-state index contributed by atoms with van der Waals surface area (Å²) in [5.41, 5.74) is 1.78. The molecule has 1 fully saturated rings. The van der Waals surface area contributed by atoms with Gasteiger partial charge in [-0.25, -0.2) is 0 Å². The molecule has 132 valence electrons. The van der Waals surface area contributed by atoms with Crippen LogP contribution in [0.2, 0.25) is 5.02 Å². The zero-order valence-electron chi connectivity index (χ0n) is 13.9. The first-order valence-electron chi connectivity index (χ1n) is 8.00. The molecule has 0 spiro atoms. The Balaban J connectivity index is 1.61. The Morgan fingerprint density at radius 1 is 1.16 bits per heavy atom. The van der Waals surface area contributed by atoms with Crippen molar-refractivity contribution in [1.82, 2.24) is 4.90 Å². The summed E-state index contributed by atoms with van der Waals surface area (Å²) < 4.78 is 5.34. The molecule has 0 unspecified atom stereocenters. The molecule has 1 heterocycles. The number of phenolic OH excluding ortho intramolecular Hbond substituents is 1. The molecule has 0 saturated carbocycles. The average molecular weight is 378 g/mol. The number of rotatable bonds is 3. The third-order valence-electron chi connectivity index (χ3n) is 4.16. The van der Waals surface area contributed by atoms with Gasteiger partial charge in [0, 0.05) is 43.0 Å². The number of ether oxygens (including phenoxy) is 1. The van der Waals surface area contributed by atoms with Crippen LogP contribution >= 0.6 is 23.8 Å². The predicted octanol–water partition coefficient (Wildman–Crippen LogP) is 3.57. The van der Waals surface area contributed by atoms with Gasteiger partial charge in [-0.2, -0.15) is 0 Å². The zero-order valence-corrected chi connectivity index (χ0v) is 15.5. The van der Waals surface area contributed by atoms with Crippen molar-refractivity contribution in [3.8, 4) is 11.5 Å². The van der Waals surface area contributed by atoms with Crippen molar-refractivity contribution >= 4 is 40.3 Å². The van der Waals surface area contributed by atoms with Crippen molar-refractivity contribution in [1.29, 1.82) is 0 Å². The highest BCUT2D eigenvalue weighted by molar-refractivity contribution is 7.80. The fourth-order valence-electron chi connectivity index (χ4n) is 2.83. The minimum Gasteiger partial charge on any atom is -0.508 e. The second kappa shape index (κ2) is 7.80. The zero-order chi connectivity index (χ0) is 17.8. The second-order valence-electron chi connectivity index (χ2n) is 5.77. The Labute approximate surface area is 157 Å². The van der Waals surface area contributed by atoms with Gasteiger partial charge in [-0.15, -0.1) is 0 Å². The van der Waals surface area contributed by atoms with Crippen molar-refractivity contribution in [2.24, 2.45) is 0 Å². The SMILES string of the molecule is COc1ccc(Cl)cc1NC(=S)N1CCN(c2cccc(O)c2)CC1. The van der Waals surface area contributed by atoms with E-state index in [0.717, 1.165) is 37.6 Å². The molecule has 0 bridgehead atoms. The van der Waals surface area contributed by atoms with E-state index in [4.69, 9.17) is 28.6 Å². The third-order valence-corrected chi connectivity index (χ3v) is 4.76. The van der Waals surface area contributed by atoms with Gasteiger partial charge >= 0.3 is 0 Å². The Kier molecular flexibility index (Phi) is 5.50. The minimum atomic E-state index is 0.283. The largest absolute Gasteiger partial charge is 0.508 e. The molecule has 0 amide bonds. The first kappa shape index (κ1) is 17.6. The van der Waals surface area contributed by atoms with E-state index >= 15 is 0 Å². The lowest BCUT2D eigenvalue weighted by atomic mass is 10.2. The van der Waals surface area contributed by atoms with Gasteiger partial charge in [0.1, 0.15) is 11.5 Å². The molecule has 2 N–H and O–H groups in total. The van der Waals surface area contributed by atoms with E-state index in [0.29, 0.717) is 15.9 Å². The van der Waals surface area contributed by atoms with Crippen LogP contribution in [-0.2, 0) is 0 Å². The van der Waals surface area contributed by atoms with Crippen LogP contribution in [0.25, 0.3) is 0 Å². The van der Waals surface area contributed by atoms with Crippen molar-refractivity contribution in [2.45, 2.75) is 0 Å². The van der Waals surface area contributed by atoms with Crippen LogP contribution in [0.4, 0.5) is 11.4 Å². The molecule has 1 aliphatic heterocycles. The number of phenols is 1. The molecule has 0 radical (unpaired) electrons. The topological polar surface area (TPSA) is 48.0 Å². The molecule has 7 heteroatoms. The summed E-state index contributed by atoms with van der Waals surface area (Å²) in [6.45, 7) is 3.25. The van der Waals surface area contributed by atoms with Gasteiger partial charge in [0.15, 0.2) is 5.11 Å². The maximum atomic E-state index is 9.63. The lowest BCUT2D eigenvalue weighted by Gasteiger charge is -2.37. The van der Waals surface area contributed by atoms with Crippen molar-refractivity contribution in [2.75, 3.05) is 43.5 Å². The number of aromatic hydroxyl groups is 1. The number of anilines is 2. The molecule has 0 aromatic heterocycles. The first-order chi connectivity index (χ1) is 12.1. The van der Waals surface area contributed by atoms with Crippen LogP contribution in [0.1, 0.15) is 0 Å². The van der Waals surface area contributed by atoms with Crippen LogP contribution in [0, 0.1) is 0 Å². The lowest BCUT2D eigenvalue weighted by molar-refractivity contribution is 0.389. The molecule has 2 aromatic rings. The van der Waals surface area contributed by atoms with Gasteiger partial charge in [0.05, 0.1) is 12.8 Å². The number of hydrogen-bond acceptors (Lipinski definition) is 4. The third kappa shape index (κ3) is 4.27. The van der Waals surface area contributed by atoms with E-state index in [-0.39, 0.29) is 5.75 Å². The van der Waals surface area contributed by atoms with E-state index in [9.17, 15) is 5.11 Å². The van der Waals surface area contributed by atoms with Gasteiger partial charge in [-0.05, 0) is 42.5 Å². The van der Waals surface area contributed by atoms with Gasteiger partial charge in [-0.3, -0.25) is 0 Å². The molecule has 3 rings (SSSR count). The normalized spacial score (nSPS) is 14.3. The molecule has 0 atom stereocenters. The fourth-order valence-corrected chi connectivity index (χ4v) is 3.29. The van der Waals surface area contributed by atoms with Crippen molar-refractivity contribution in [3.05, 3.63) is 47.5 Å². The molecule has 0 aliphatic carbocycles. The highest BCUT2D eigenvalue weighted by Crippen LogP contribution is 2.28. The van der Waals surface area contributed by atoms with E-state index in [1.807, 2.05) is 18.2 Å². The molecule has 25 heavy (non-hydrogen) atoms. The molecular formula is C18H20ClN3O2S. The van der Waals surface area contributed by atoms with Crippen LogP contribution in [-0.4, -0.2) is 48.4 Å². The number of halogens is 1. The number of hydrogen-bond donors (Lipinski definition) is 2. The Hall–Kier alpha value is -2.18. The maximum Gasteiger partial charge on any atom is 0.173 e. The van der Waals surface area contributed by atoms with Crippen LogP contribution in [0.3, 0.4) is 0 Å². The van der Waals surface area contributed by atoms with E-state index in [1.54, 1.807) is 31.4 Å². The number of nitrogens with one attached hydrogen (secondary N) is 1. The highest BCUT2D eigenvalue weighted by Gasteiger charge is 2.20. The van der Waals surface area contributed by atoms with Crippen molar-refractivity contribution < 1.29 is 9.84 Å². The number of methoxy groups -OCH3 is 1. The standard InChI is InChI=1S/C18H20ClN3O2S/c1-24-17-6-5-13(19)11-16(17)20-18(25)22-9-7-21(8-10-22)14-3-2-4-15(23)12-14/h2-6,11-12,23H,7-10H2,1H3,(H,20,25). The van der Waals surface area contributed by atoms with E-state index in [2.05, 4.69) is 15.1 Å². The van der Waals surface area contributed by atoms with E-state index in [1.165, 1.54) is 0 Å². The smallest absolute Gasteiger partial charge is 0.173 e. The Bertz CT molecular complexity index is 764. The first-order valence-corrected chi connectivity index (χ1v) is 8.79. The number of thiocarbonyl (C=S) groups is 1. The summed E-state index contributed by atoms with van der Waals surface area (Å²) >= 11 is 11.6. The fraction of sp³-hybridized carbons (Fsp3) is 0.278. The summed E-state index contributed by atoms with van der Waals surface area (Å²) in [6, 6.07) is 12.7. The van der Waals surface area contributed by atoms with Gasteiger partial charge in [-0.1, -0.05) is 17.7 Å². The maximum absolute atomic E-state index is 9.63. The summed E-state index contributed by atoms with van der Waals surface area (Å²) in [7, 11) is 1.62. The van der Waals surface area contributed by atoms with Crippen LogP contribution in [0.5, 0.6) is 11.5 Å². The van der Waals surface area contributed by atoms with Crippen LogP contribution < -0.4 is 15.0 Å². The Morgan fingerprint density at radius 3 is 2.60 bits per heavy atom. The lowest BCUT2D eigenvalue weighted by Crippen LogP contribution is -2.50. The number of benzene rings is 2. The average Bonchev–Trinajstić information content (AvgIpc) is 2.62. The van der Waals surface area contributed by atoms with E-state index < -0.39 is 0 Å². The second-order valence-corrected chi connectivity index (χ2v) is 6.59. The van der Waals surface area contributed by atoms with Gasteiger partial charge in [0.2, 0.25) is 0 Å². The molecule has 1 aliphatic rings. The minimum absolute atomic E-state index is 0.283. The Morgan fingerprint density at radius 2 is 1.92 bits per heavy atom. The predicted molar refractivity (Wildman–Crippen MR) is 106 cm³/mol. The highest BCUT2D eigenvalue weighted by atomic mass is 35.5. The summed E-state index contributed by atoms with van der Waals surface area (Å²) in [4.78, 5) is 4.35. The molecule has 2 aromatic carbocycles. The molecule has 5 nitrogen and oxygen atoms in total. The van der Waals surface area contributed by atoms with Crippen LogP contribution in [0.15, 0.2) is 42.5 Å². The van der Waals surface area contributed by atoms with Gasteiger partial charge in [0.25, 0.3) is 0 Å². The van der Waals surface area contributed by atoms with Crippen molar-refractivity contribution in [3.63, 3.8) is 0 Å². The quantitative estimate of drug-likeness (QED) is 0.797. The summed E-state index contributed by atoms with van der Waals surface area (Å²) in [5, 5.41) is 14.1. The monoisotopic (exact) mass is 377 g/mol. The summed E-state index contributed by atoms with van der Waals surface area (Å²) in [5.74, 6) is 0.982. The number of piperazine rings is 1.